The number of aliphatic imine (C=N–C) groups is 1. The molecule has 2 aliphatic rings. The van der Waals surface area contributed by atoms with Crippen LogP contribution < -0.4 is 10.6 Å². The molecule has 2 rings (SSSR count). The number of hydrogen-bond acceptors (Lipinski definition) is 5. The zero-order valence-corrected chi connectivity index (χ0v) is 19.5. The SMILES string of the molecule is CN=C(NCC1CCCN(C)C1)NCC1C(C)OC(C)(C)N1C(=O)OC(C)(C)C. The molecule has 0 aromatic carbocycles. The first-order chi connectivity index (χ1) is 13.4. The lowest BCUT2D eigenvalue weighted by atomic mass is 9.99. The number of carbonyl (C=O) groups is 1. The van der Waals surface area contributed by atoms with Crippen molar-refractivity contribution in [1.29, 1.82) is 0 Å². The second-order valence-electron chi connectivity index (χ2n) is 9.79. The smallest absolute Gasteiger partial charge is 0.412 e. The number of ether oxygens (including phenoxy) is 2. The van der Waals surface area contributed by atoms with Crippen LogP contribution >= 0.6 is 0 Å². The van der Waals surface area contributed by atoms with Gasteiger partial charge in [-0.25, -0.2) is 4.79 Å². The second kappa shape index (κ2) is 9.51. The predicted octanol–water partition coefficient (Wildman–Crippen LogP) is 2.25. The Balaban J connectivity index is 1.95. The van der Waals surface area contributed by atoms with Gasteiger partial charge in [0.05, 0.1) is 12.1 Å². The largest absolute Gasteiger partial charge is 0.444 e. The molecule has 0 bridgehead atoms. The number of nitrogens with one attached hydrogen (secondary N) is 2. The lowest BCUT2D eigenvalue weighted by Crippen LogP contribution is -2.54. The molecular formula is C21H41N5O3. The normalized spacial score (nSPS) is 28.3. The molecule has 3 unspecified atom stereocenters. The number of rotatable bonds is 4. The lowest BCUT2D eigenvalue weighted by molar-refractivity contribution is -0.0755. The summed E-state index contributed by atoms with van der Waals surface area (Å²) in [6.07, 6.45) is 2.01. The molecule has 0 aliphatic carbocycles. The van der Waals surface area contributed by atoms with Gasteiger partial charge in [0.15, 0.2) is 5.96 Å². The third kappa shape index (κ3) is 6.74. The van der Waals surface area contributed by atoms with Gasteiger partial charge < -0.3 is 25.0 Å². The summed E-state index contributed by atoms with van der Waals surface area (Å²) in [6.45, 7) is 15.1. The quantitative estimate of drug-likeness (QED) is 0.546. The van der Waals surface area contributed by atoms with Crippen LogP contribution in [0.1, 0.15) is 54.4 Å². The molecule has 0 saturated carbocycles. The van der Waals surface area contributed by atoms with Crippen LogP contribution in [0.5, 0.6) is 0 Å². The van der Waals surface area contributed by atoms with Crippen LogP contribution in [0.2, 0.25) is 0 Å². The van der Waals surface area contributed by atoms with Crippen molar-refractivity contribution in [1.82, 2.24) is 20.4 Å². The first kappa shape index (κ1) is 23.7. The summed E-state index contributed by atoms with van der Waals surface area (Å²) in [5, 5.41) is 6.81. The van der Waals surface area contributed by atoms with Crippen molar-refractivity contribution < 1.29 is 14.3 Å². The van der Waals surface area contributed by atoms with Crippen LogP contribution in [-0.4, -0.2) is 85.6 Å². The van der Waals surface area contributed by atoms with Gasteiger partial charge in [-0.2, -0.15) is 0 Å². The van der Waals surface area contributed by atoms with Gasteiger partial charge in [0, 0.05) is 26.7 Å². The number of guanidine groups is 1. The van der Waals surface area contributed by atoms with E-state index in [1.54, 1.807) is 11.9 Å². The fourth-order valence-corrected chi connectivity index (χ4v) is 4.23. The van der Waals surface area contributed by atoms with Gasteiger partial charge in [-0.3, -0.25) is 9.89 Å². The lowest BCUT2D eigenvalue weighted by Gasteiger charge is -2.35. The van der Waals surface area contributed by atoms with Gasteiger partial charge in [0.2, 0.25) is 0 Å². The molecule has 168 valence electrons. The summed E-state index contributed by atoms with van der Waals surface area (Å²) in [6, 6.07) is -0.154. The highest BCUT2D eigenvalue weighted by molar-refractivity contribution is 5.79. The first-order valence-electron chi connectivity index (χ1n) is 10.8. The third-order valence-electron chi connectivity index (χ3n) is 5.50. The van der Waals surface area contributed by atoms with Gasteiger partial charge in [-0.1, -0.05) is 0 Å². The van der Waals surface area contributed by atoms with Crippen LogP contribution in [-0.2, 0) is 9.47 Å². The molecule has 2 N–H and O–H groups in total. The minimum Gasteiger partial charge on any atom is -0.444 e. The van der Waals surface area contributed by atoms with Crippen LogP contribution in [0.3, 0.4) is 0 Å². The van der Waals surface area contributed by atoms with Crippen molar-refractivity contribution in [3.8, 4) is 0 Å². The summed E-state index contributed by atoms with van der Waals surface area (Å²) in [5.41, 5.74) is -1.28. The second-order valence-corrected chi connectivity index (χ2v) is 9.79. The third-order valence-corrected chi connectivity index (χ3v) is 5.50. The summed E-state index contributed by atoms with van der Waals surface area (Å²) < 4.78 is 11.7. The van der Waals surface area contributed by atoms with Crippen molar-refractivity contribution in [2.45, 2.75) is 77.9 Å². The minimum atomic E-state index is -0.724. The van der Waals surface area contributed by atoms with Gasteiger partial charge in [-0.15, -0.1) is 0 Å². The van der Waals surface area contributed by atoms with E-state index >= 15 is 0 Å². The maximum Gasteiger partial charge on any atom is 0.412 e. The molecule has 2 fully saturated rings. The molecule has 0 spiro atoms. The maximum atomic E-state index is 12.9. The molecule has 0 radical (unpaired) electrons. The first-order valence-corrected chi connectivity index (χ1v) is 10.8. The van der Waals surface area contributed by atoms with E-state index in [2.05, 4.69) is 27.6 Å². The Kier molecular flexibility index (Phi) is 7.79. The van der Waals surface area contributed by atoms with E-state index in [0.29, 0.717) is 12.5 Å². The van der Waals surface area contributed by atoms with Gasteiger partial charge in [0.25, 0.3) is 0 Å². The molecule has 8 nitrogen and oxygen atoms in total. The summed E-state index contributed by atoms with van der Waals surface area (Å²) in [7, 11) is 3.94. The van der Waals surface area contributed by atoms with Crippen molar-refractivity contribution in [3.63, 3.8) is 0 Å². The Morgan fingerprint density at radius 3 is 2.52 bits per heavy atom. The minimum absolute atomic E-state index is 0.116. The van der Waals surface area contributed by atoms with E-state index < -0.39 is 11.3 Å². The molecule has 3 atom stereocenters. The summed E-state index contributed by atoms with van der Waals surface area (Å²) >= 11 is 0. The Labute approximate surface area is 176 Å². The van der Waals surface area contributed by atoms with E-state index in [0.717, 1.165) is 19.0 Å². The van der Waals surface area contributed by atoms with Crippen molar-refractivity contribution >= 4 is 12.1 Å². The topological polar surface area (TPSA) is 78.4 Å². The van der Waals surface area contributed by atoms with Crippen molar-refractivity contribution in [3.05, 3.63) is 0 Å². The molecule has 1 amide bonds. The highest BCUT2D eigenvalue weighted by atomic mass is 16.6. The summed E-state index contributed by atoms with van der Waals surface area (Å²) in [5.74, 6) is 1.37. The van der Waals surface area contributed by atoms with E-state index in [4.69, 9.17) is 9.47 Å². The van der Waals surface area contributed by atoms with Crippen LogP contribution in [0.4, 0.5) is 4.79 Å². The van der Waals surface area contributed by atoms with E-state index in [1.807, 2.05) is 41.5 Å². The number of piperidine rings is 1. The van der Waals surface area contributed by atoms with Crippen LogP contribution in [0.25, 0.3) is 0 Å². The predicted molar refractivity (Wildman–Crippen MR) is 116 cm³/mol. The van der Waals surface area contributed by atoms with E-state index in [9.17, 15) is 4.79 Å². The van der Waals surface area contributed by atoms with E-state index in [-0.39, 0.29) is 18.2 Å². The van der Waals surface area contributed by atoms with Crippen molar-refractivity contribution in [2.24, 2.45) is 10.9 Å². The molecule has 29 heavy (non-hydrogen) atoms. The van der Waals surface area contributed by atoms with Gasteiger partial charge in [-0.05, 0) is 73.9 Å². The average molecular weight is 412 g/mol. The number of hydrogen-bond donors (Lipinski definition) is 2. The highest BCUT2D eigenvalue weighted by Gasteiger charge is 2.49. The molecule has 0 aromatic rings. The maximum absolute atomic E-state index is 12.9. The Hall–Kier alpha value is -1.54. The molecular weight excluding hydrogens is 370 g/mol. The molecule has 2 heterocycles. The molecule has 2 saturated heterocycles. The van der Waals surface area contributed by atoms with Crippen LogP contribution in [0, 0.1) is 5.92 Å². The number of carbonyl (C=O) groups excluding carboxylic acids is 1. The number of nitrogens with zero attached hydrogens (tertiary/aromatic N) is 3. The Morgan fingerprint density at radius 2 is 1.93 bits per heavy atom. The fourth-order valence-electron chi connectivity index (χ4n) is 4.23. The number of likely N-dealkylation sites (tertiary alicyclic amines) is 1. The standard InChI is InChI=1S/C21H41N5O3/c1-15-17(26(21(5,6)28-15)19(27)29-20(2,3)4)13-24-18(22-7)23-12-16-10-9-11-25(8)14-16/h15-17H,9-14H2,1-8H3,(H2,22,23,24). The molecule has 2 aliphatic heterocycles. The highest BCUT2D eigenvalue weighted by Crippen LogP contribution is 2.33. The van der Waals surface area contributed by atoms with E-state index in [1.165, 1.54) is 19.4 Å². The number of amides is 1. The van der Waals surface area contributed by atoms with Crippen LogP contribution in [0.15, 0.2) is 4.99 Å². The zero-order chi connectivity index (χ0) is 21.8. The Morgan fingerprint density at radius 1 is 1.28 bits per heavy atom. The van der Waals surface area contributed by atoms with Gasteiger partial charge >= 0.3 is 6.09 Å². The van der Waals surface area contributed by atoms with Gasteiger partial charge in [0.1, 0.15) is 11.3 Å². The average Bonchev–Trinajstić information content (AvgIpc) is 2.81. The molecule has 0 aromatic heterocycles. The monoisotopic (exact) mass is 411 g/mol. The Bertz CT molecular complexity index is 587. The summed E-state index contributed by atoms with van der Waals surface area (Å²) in [4.78, 5) is 21.3. The zero-order valence-electron chi connectivity index (χ0n) is 19.5. The molecule has 8 heteroatoms. The fraction of sp³-hybridized carbons (Fsp3) is 0.905. The van der Waals surface area contributed by atoms with Crippen molar-refractivity contribution in [2.75, 3.05) is 40.3 Å².